The van der Waals surface area contributed by atoms with Gasteiger partial charge in [-0.05, 0) is 90.3 Å². The zero-order valence-corrected chi connectivity index (χ0v) is 33.7. The molecular weight excluding hydrogens is 645 g/mol. The van der Waals surface area contributed by atoms with E-state index in [-0.39, 0.29) is 6.04 Å². The van der Waals surface area contributed by atoms with Gasteiger partial charge in [0, 0.05) is 34.0 Å². The van der Waals surface area contributed by atoms with Crippen LogP contribution in [0, 0.1) is 12.8 Å². The summed E-state index contributed by atoms with van der Waals surface area (Å²) in [4.78, 5) is 0. The number of allylic oxidation sites excluding steroid dienone is 1. The van der Waals surface area contributed by atoms with Gasteiger partial charge in [-0.3, -0.25) is 0 Å². The van der Waals surface area contributed by atoms with E-state index in [1.807, 2.05) is 0 Å². The average molecular weight is 703 g/mol. The van der Waals surface area contributed by atoms with Crippen molar-refractivity contribution in [1.82, 2.24) is 0 Å². The molecule has 1 saturated carbocycles. The Morgan fingerprint density at radius 3 is 2.13 bits per heavy atom. The Morgan fingerprint density at radius 1 is 0.731 bits per heavy atom. The molecule has 0 radical (unpaired) electrons. The van der Waals surface area contributed by atoms with Crippen LogP contribution < -0.4 is 14.3 Å². The van der Waals surface area contributed by atoms with Crippen LogP contribution in [0.2, 0.25) is 19.6 Å². The molecule has 5 aromatic rings. The van der Waals surface area contributed by atoms with Gasteiger partial charge in [-0.15, -0.1) is 0 Å². The Labute approximate surface area is 314 Å². The summed E-state index contributed by atoms with van der Waals surface area (Å²) in [5.41, 5.74) is 16.6. The summed E-state index contributed by atoms with van der Waals surface area (Å²) in [6.07, 6.45) is 12.7. The van der Waals surface area contributed by atoms with Gasteiger partial charge < -0.3 is 0 Å². The topological polar surface area (TPSA) is 7.76 Å². The third kappa shape index (κ3) is 6.23. The first-order valence-corrected chi connectivity index (χ1v) is 23.6. The standard InChI is InChI=1S/C49H58N2Si/c1-32(2)45-30-50-29-34(4)49-42(26-25-37-17-11-12-18-39(37)46(50)28-44(45)38-23-21-33(3)22-24-38)40-19-13-14-20-41(40)47-27-43(35(5)36-15-9-10-16-36)48(31-51(47)49)52(6,7)8/h11-14,17-24,27-28,30-32,35-36,42,49H,4,9-10,15-16,25-26,29H2,1-3,5-8H3/q+2. The van der Waals surface area contributed by atoms with Crippen LogP contribution in [0.1, 0.15) is 104 Å². The molecule has 266 valence electrons. The van der Waals surface area contributed by atoms with E-state index >= 15 is 0 Å². The van der Waals surface area contributed by atoms with E-state index in [4.69, 9.17) is 6.58 Å². The molecule has 8 rings (SSSR count). The molecule has 3 heteroatoms. The van der Waals surface area contributed by atoms with Gasteiger partial charge in [-0.25, -0.2) is 0 Å². The van der Waals surface area contributed by atoms with E-state index in [0.717, 1.165) is 25.3 Å². The summed E-state index contributed by atoms with van der Waals surface area (Å²) in [7, 11) is -1.68. The van der Waals surface area contributed by atoms with Gasteiger partial charge in [0.15, 0.2) is 25.0 Å². The molecule has 1 fully saturated rings. The van der Waals surface area contributed by atoms with E-state index in [0.29, 0.717) is 17.8 Å². The summed E-state index contributed by atoms with van der Waals surface area (Å²) in [5, 5.41) is 1.64. The van der Waals surface area contributed by atoms with Crippen molar-refractivity contribution in [3.05, 3.63) is 137 Å². The summed E-state index contributed by atoms with van der Waals surface area (Å²) < 4.78 is 5.26. The normalized spacial score (nSPS) is 19.3. The first-order chi connectivity index (χ1) is 25.0. The van der Waals surface area contributed by atoms with Crippen LogP contribution in [0.15, 0.2) is 109 Å². The summed E-state index contributed by atoms with van der Waals surface area (Å²) >= 11 is 0. The van der Waals surface area contributed by atoms with Gasteiger partial charge >= 0.3 is 0 Å². The minimum Gasteiger partial charge on any atom is -0.194 e. The predicted molar refractivity (Wildman–Crippen MR) is 221 cm³/mol. The van der Waals surface area contributed by atoms with E-state index in [9.17, 15) is 0 Å². The van der Waals surface area contributed by atoms with Crippen LogP contribution in [-0.2, 0) is 13.0 Å². The maximum absolute atomic E-state index is 5.05. The molecule has 0 spiro atoms. The first kappa shape index (κ1) is 35.0. The lowest BCUT2D eigenvalue weighted by molar-refractivity contribution is -0.722. The van der Waals surface area contributed by atoms with Gasteiger partial charge in [-0.2, -0.15) is 9.13 Å². The zero-order chi connectivity index (χ0) is 36.3. The second kappa shape index (κ2) is 13.7. The smallest absolute Gasteiger partial charge is 0.194 e. The predicted octanol–water partition coefficient (Wildman–Crippen LogP) is 11.4. The molecule has 1 aliphatic carbocycles. The molecule has 2 aliphatic heterocycles. The number of pyridine rings is 2. The molecular formula is C49H58N2Si+2. The molecule has 3 unspecified atom stereocenters. The van der Waals surface area contributed by atoms with Gasteiger partial charge in [-0.1, -0.05) is 126 Å². The summed E-state index contributed by atoms with van der Waals surface area (Å²) in [6.45, 7) is 22.9. The fourth-order valence-electron chi connectivity index (χ4n) is 9.98. The fourth-order valence-corrected chi connectivity index (χ4v) is 11.7. The lowest BCUT2D eigenvalue weighted by Crippen LogP contribution is -2.55. The Kier molecular flexibility index (Phi) is 9.23. The van der Waals surface area contributed by atoms with E-state index in [2.05, 4.69) is 154 Å². The van der Waals surface area contributed by atoms with Gasteiger partial charge in [0.05, 0.1) is 19.6 Å². The minimum absolute atomic E-state index is 0.181. The number of hydrogen-bond donors (Lipinski definition) is 0. The van der Waals surface area contributed by atoms with Crippen LogP contribution in [-0.4, -0.2) is 8.07 Å². The number of aryl methyl sites for hydroxylation is 2. The Morgan fingerprint density at radius 2 is 1.42 bits per heavy atom. The van der Waals surface area contributed by atoms with E-state index in [1.165, 1.54) is 87.2 Å². The quantitative estimate of drug-likeness (QED) is 0.0978. The third-order valence-electron chi connectivity index (χ3n) is 12.9. The Bertz CT molecular complexity index is 2140. The molecule has 0 bridgehead atoms. The molecule has 0 saturated heterocycles. The third-order valence-corrected chi connectivity index (χ3v) is 14.9. The molecule has 52 heavy (non-hydrogen) atoms. The number of benzene rings is 3. The maximum Gasteiger partial charge on any atom is 0.213 e. The first-order valence-electron chi connectivity index (χ1n) is 20.1. The SMILES string of the molecule is C=C1C[n+]2cc(C(C)C)c(-c3ccc(C)cc3)cc2-c2ccccc2CCC2c3ccccc3-c3cc(C(C)C4CCCC4)c([Si](C)(C)C)c[n+]3C12. The van der Waals surface area contributed by atoms with Gasteiger partial charge in [0.25, 0.3) is 0 Å². The molecule has 2 aromatic heterocycles. The van der Waals surface area contributed by atoms with Crippen molar-refractivity contribution in [3.8, 4) is 33.6 Å². The fraction of sp³-hybridized carbons (Fsp3) is 0.388. The summed E-state index contributed by atoms with van der Waals surface area (Å²) in [5.74, 6) is 2.11. The highest BCUT2D eigenvalue weighted by Crippen LogP contribution is 2.46. The largest absolute Gasteiger partial charge is 0.213 e. The van der Waals surface area contributed by atoms with Crippen LogP contribution in [0.25, 0.3) is 33.6 Å². The van der Waals surface area contributed by atoms with Crippen molar-refractivity contribution in [2.75, 3.05) is 0 Å². The maximum atomic E-state index is 5.05. The van der Waals surface area contributed by atoms with Crippen LogP contribution in [0.3, 0.4) is 0 Å². The molecule has 2 nitrogen and oxygen atoms in total. The van der Waals surface area contributed by atoms with Gasteiger partial charge in [0.1, 0.15) is 0 Å². The highest BCUT2D eigenvalue weighted by Gasteiger charge is 2.45. The molecule has 0 N–H and O–H groups in total. The minimum atomic E-state index is -1.68. The van der Waals surface area contributed by atoms with Crippen LogP contribution in [0.5, 0.6) is 0 Å². The molecule has 3 aromatic carbocycles. The lowest BCUT2D eigenvalue weighted by atomic mass is 9.76. The number of hydrogen-bond acceptors (Lipinski definition) is 0. The second-order valence-corrected chi connectivity index (χ2v) is 22.7. The van der Waals surface area contributed by atoms with E-state index < -0.39 is 8.07 Å². The van der Waals surface area contributed by atoms with E-state index in [1.54, 1.807) is 10.8 Å². The number of fused-ring (bicyclic) bond motifs is 9. The zero-order valence-electron chi connectivity index (χ0n) is 32.7. The summed E-state index contributed by atoms with van der Waals surface area (Å²) in [6, 6.07) is 33.0. The highest BCUT2D eigenvalue weighted by molar-refractivity contribution is 6.89. The van der Waals surface area contributed by atoms with Crippen molar-refractivity contribution in [1.29, 1.82) is 0 Å². The van der Waals surface area contributed by atoms with Crippen molar-refractivity contribution in [2.45, 2.75) is 116 Å². The van der Waals surface area contributed by atoms with Gasteiger partial charge in [0.2, 0.25) is 11.4 Å². The highest BCUT2D eigenvalue weighted by atomic mass is 28.3. The van der Waals surface area contributed by atoms with Crippen molar-refractivity contribution in [3.63, 3.8) is 0 Å². The monoisotopic (exact) mass is 702 g/mol. The van der Waals surface area contributed by atoms with Crippen LogP contribution in [0.4, 0.5) is 0 Å². The number of rotatable bonds is 5. The average Bonchev–Trinajstić information content (AvgIpc) is 3.68. The molecule has 3 aliphatic rings. The Balaban J connectivity index is 1.33. The number of aromatic nitrogens is 2. The van der Waals surface area contributed by atoms with Crippen LogP contribution >= 0.6 is 0 Å². The molecule has 3 atom stereocenters. The Hall–Kier alpha value is -4.08. The molecule has 4 heterocycles. The second-order valence-electron chi connectivity index (χ2n) is 17.7. The van der Waals surface area contributed by atoms with Crippen molar-refractivity contribution >= 4 is 13.3 Å². The lowest BCUT2D eigenvalue weighted by Gasteiger charge is -2.34. The van der Waals surface area contributed by atoms with Crippen molar-refractivity contribution < 1.29 is 9.13 Å². The number of nitrogens with zero attached hydrogens (tertiary/aromatic N) is 2. The molecule has 0 amide bonds. The van der Waals surface area contributed by atoms with Crippen molar-refractivity contribution in [2.24, 2.45) is 5.92 Å².